The van der Waals surface area contributed by atoms with E-state index in [4.69, 9.17) is 0 Å². The molecule has 1 aliphatic rings. The number of carbonyl (C=O) groups is 1. The zero-order valence-corrected chi connectivity index (χ0v) is 9.02. The molecule has 13 heavy (non-hydrogen) atoms. The van der Waals surface area contributed by atoms with Crippen LogP contribution in [0.15, 0.2) is 0 Å². The fraction of sp³-hybridized carbons (Fsp3) is 0.889. The predicted octanol–water partition coefficient (Wildman–Crippen LogP) is 0.374. The first-order valence-electron chi connectivity index (χ1n) is 4.86. The smallest absolute Gasteiger partial charge is 0.229 e. The molecule has 1 unspecified atom stereocenters. The number of hydrogen-bond donors (Lipinski definition) is 2. The Bertz CT molecular complexity index is 175. The molecular weight excluding hydrogens is 184 g/mol. The molecular formula is C9H18N2OS. The normalized spacial score (nSPS) is 23.4. The van der Waals surface area contributed by atoms with Crippen molar-refractivity contribution in [3.05, 3.63) is 0 Å². The van der Waals surface area contributed by atoms with Crippen molar-refractivity contribution in [2.45, 2.75) is 13.3 Å². The van der Waals surface area contributed by atoms with E-state index in [-0.39, 0.29) is 5.91 Å². The topological polar surface area (TPSA) is 32.3 Å². The van der Waals surface area contributed by atoms with Gasteiger partial charge in [0.2, 0.25) is 5.91 Å². The van der Waals surface area contributed by atoms with Crippen molar-refractivity contribution in [3.63, 3.8) is 0 Å². The van der Waals surface area contributed by atoms with Crippen LogP contribution < -0.4 is 5.32 Å². The Hall–Kier alpha value is -0.220. The molecule has 1 heterocycles. The summed E-state index contributed by atoms with van der Waals surface area (Å²) in [6, 6.07) is 0. The molecule has 1 rings (SSSR count). The highest BCUT2D eigenvalue weighted by Gasteiger charge is 2.20. The molecule has 0 aromatic carbocycles. The molecule has 0 bridgehead atoms. The molecule has 0 saturated carbocycles. The lowest BCUT2D eigenvalue weighted by Gasteiger charge is -2.13. The summed E-state index contributed by atoms with van der Waals surface area (Å²) >= 11 is 3.91. The number of nitrogens with one attached hydrogen (secondary N) is 1. The minimum Gasteiger partial charge on any atom is -0.355 e. The van der Waals surface area contributed by atoms with E-state index in [2.05, 4.69) is 29.8 Å². The molecule has 3 nitrogen and oxygen atoms in total. The number of amides is 1. The first-order chi connectivity index (χ1) is 6.26. The highest BCUT2D eigenvalue weighted by Crippen LogP contribution is 2.14. The average molecular weight is 202 g/mol. The van der Waals surface area contributed by atoms with Gasteiger partial charge in [-0.05, 0) is 25.4 Å². The van der Waals surface area contributed by atoms with E-state index in [0.717, 1.165) is 19.6 Å². The number of rotatable bonds is 4. The zero-order valence-electron chi connectivity index (χ0n) is 8.12. The molecule has 76 valence electrons. The Balaban J connectivity index is 2.13. The Morgan fingerprint density at radius 2 is 2.46 bits per heavy atom. The van der Waals surface area contributed by atoms with Crippen LogP contribution in [0.25, 0.3) is 0 Å². The van der Waals surface area contributed by atoms with Gasteiger partial charge >= 0.3 is 0 Å². The SMILES string of the molecule is CCN1CCC(CNC(=O)CS)C1. The second kappa shape index (κ2) is 5.50. The summed E-state index contributed by atoms with van der Waals surface area (Å²) in [5.41, 5.74) is 0. The lowest BCUT2D eigenvalue weighted by atomic mass is 10.1. The van der Waals surface area contributed by atoms with Crippen molar-refractivity contribution in [3.8, 4) is 0 Å². The monoisotopic (exact) mass is 202 g/mol. The highest BCUT2D eigenvalue weighted by atomic mass is 32.1. The van der Waals surface area contributed by atoms with Crippen molar-refractivity contribution in [2.24, 2.45) is 5.92 Å². The van der Waals surface area contributed by atoms with Gasteiger partial charge in [0.15, 0.2) is 0 Å². The Morgan fingerprint density at radius 3 is 3.00 bits per heavy atom. The minimum absolute atomic E-state index is 0.0401. The summed E-state index contributed by atoms with van der Waals surface area (Å²) in [6.07, 6.45) is 1.21. The van der Waals surface area contributed by atoms with Crippen molar-refractivity contribution >= 4 is 18.5 Å². The molecule has 1 saturated heterocycles. The minimum atomic E-state index is 0.0401. The number of likely N-dealkylation sites (tertiary alicyclic amines) is 1. The van der Waals surface area contributed by atoms with E-state index in [0.29, 0.717) is 11.7 Å². The zero-order chi connectivity index (χ0) is 9.68. The van der Waals surface area contributed by atoms with Gasteiger partial charge in [-0.3, -0.25) is 4.79 Å². The van der Waals surface area contributed by atoms with Crippen LogP contribution in [0.2, 0.25) is 0 Å². The highest BCUT2D eigenvalue weighted by molar-refractivity contribution is 7.81. The van der Waals surface area contributed by atoms with E-state index in [1.165, 1.54) is 13.0 Å². The maximum atomic E-state index is 10.9. The third-order valence-electron chi connectivity index (χ3n) is 2.55. The van der Waals surface area contributed by atoms with E-state index in [1.54, 1.807) is 0 Å². The number of thiol groups is 1. The fourth-order valence-corrected chi connectivity index (χ4v) is 1.79. The van der Waals surface area contributed by atoms with Gasteiger partial charge in [0.1, 0.15) is 0 Å². The number of carbonyl (C=O) groups excluding carboxylic acids is 1. The second-order valence-electron chi connectivity index (χ2n) is 3.51. The second-order valence-corrected chi connectivity index (χ2v) is 3.83. The summed E-state index contributed by atoms with van der Waals surface area (Å²) in [6.45, 7) is 6.42. The molecule has 0 aromatic rings. The van der Waals surface area contributed by atoms with Gasteiger partial charge in [-0.15, -0.1) is 0 Å². The fourth-order valence-electron chi connectivity index (χ4n) is 1.68. The van der Waals surface area contributed by atoms with Gasteiger partial charge in [0.05, 0.1) is 5.75 Å². The Kier molecular flexibility index (Phi) is 4.59. The molecule has 1 amide bonds. The van der Waals surface area contributed by atoms with Gasteiger partial charge in [-0.2, -0.15) is 12.6 Å². The van der Waals surface area contributed by atoms with Crippen molar-refractivity contribution < 1.29 is 4.79 Å². The summed E-state index contributed by atoms with van der Waals surface area (Å²) in [5.74, 6) is 0.978. The molecule has 4 heteroatoms. The lowest BCUT2D eigenvalue weighted by Crippen LogP contribution is -2.31. The third kappa shape index (κ3) is 3.56. The van der Waals surface area contributed by atoms with E-state index in [9.17, 15) is 4.79 Å². The molecule has 1 N–H and O–H groups in total. The first-order valence-corrected chi connectivity index (χ1v) is 5.49. The lowest BCUT2D eigenvalue weighted by molar-refractivity contribution is -0.118. The molecule has 1 aliphatic heterocycles. The van der Waals surface area contributed by atoms with Crippen LogP contribution in [0.4, 0.5) is 0 Å². The first kappa shape index (κ1) is 10.9. The summed E-state index contributed by atoms with van der Waals surface area (Å²) < 4.78 is 0. The summed E-state index contributed by atoms with van der Waals surface area (Å²) in [7, 11) is 0. The van der Waals surface area contributed by atoms with Crippen LogP contribution in [0, 0.1) is 5.92 Å². The van der Waals surface area contributed by atoms with Crippen LogP contribution in [-0.4, -0.2) is 42.7 Å². The summed E-state index contributed by atoms with van der Waals surface area (Å²) in [4.78, 5) is 13.3. The molecule has 0 spiro atoms. The largest absolute Gasteiger partial charge is 0.355 e. The molecule has 0 radical (unpaired) electrons. The standard InChI is InChI=1S/C9H18N2OS/c1-2-11-4-3-8(6-11)5-10-9(12)7-13/h8,13H,2-7H2,1H3,(H,10,12). The number of hydrogen-bond acceptors (Lipinski definition) is 3. The third-order valence-corrected chi connectivity index (χ3v) is 2.84. The van der Waals surface area contributed by atoms with Crippen molar-refractivity contribution in [1.82, 2.24) is 10.2 Å². The number of nitrogens with zero attached hydrogens (tertiary/aromatic N) is 1. The average Bonchev–Trinajstić information content (AvgIpc) is 2.61. The van der Waals surface area contributed by atoms with Gasteiger partial charge in [0, 0.05) is 13.1 Å². The predicted molar refractivity (Wildman–Crippen MR) is 57.1 cm³/mol. The van der Waals surface area contributed by atoms with Crippen LogP contribution in [-0.2, 0) is 4.79 Å². The van der Waals surface area contributed by atoms with Crippen LogP contribution >= 0.6 is 12.6 Å². The van der Waals surface area contributed by atoms with Gasteiger partial charge < -0.3 is 10.2 Å². The maximum Gasteiger partial charge on any atom is 0.229 e. The maximum absolute atomic E-state index is 10.9. The molecule has 0 aliphatic carbocycles. The van der Waals surface area contributed by atoms with Crippen molar-refractivity contribution in [1.29, 1.82) is 0 Å². The van der Waals surface area contributed by atoms with Crippen LogP contribution in [0.3, 0.4) is 0 Å². The van der Waals surface area contributed by atoms with Crippen LogP contribution in [0.5, 0.6) is 0 Å². The van der Waals surface area contributed by atoms with E-state index >= 15 is 0 Å². The summed E-state index contributed by atoms with van der Waals surface area (Å²) in [5, 5.41) is 2.88. The molecule has 1 fully saturated rings. The Labute approximate surface area is 85.3 Å². The van der Waals surface area contributed by atoms with Gasteiger partial charge in [-0.1, -0.05) is 6.92 Å². The quantitative estimate of drug-likeness (QED) is 0.646. The molecule has 1 atom stereocenters. The molecule has 0 aromatic heterocycles. The van der Waals surface area contributed by atoms with E-state index < -0.39 is 0 Å². The Morgan fingerprint density at radius 1 is 1.69 bits per heavy atom. The van der Waals surface area contributed by atoms with Gasteiger partial charge in [0.25, 0.3) is 0 Å². The van der Waals surface area contributed by atoms with Crippen LogP contribution in [0.1, 0.15) is 13.3 Å². The van der Waals surface area contributed by atoms with Crippen molar-refractivity contribution in [2.75, 3.05) is 31.9 Å². The van der Waals surface area contributed by atoms with E-state index in [1.807, 2.05) is 0 Å². The van der Waals surface area contributed by atoms with Gasteiger partial charge in [-0.25, -0.2) is 0 Å².